The average molecular weight is 269 g/mol. The van der Waals surface area contributed by atoms with E-state index in [1.165, 1.54) is 12.1 Å². The second-order valence-electron chi connectivity index (χ2n) is 3.32. The number of hydrogen-bond acceptors (Lipinski definition) is 4. The lowest BCUT2D eigenvalue weighted by Gasteiger charge is -2.07. The minimum atomic E-state index is -0.985. The summed E-state index contributed by atoms with van der Waals surface area (Å²) in [6, 6.07) is 4.61. The standard InChI is InChI=1S/C11H9ClN2O2S/c12-9-3-7(11(15)16)1-2-10(9)14-5-8-4-13-6-17-8/h1-4,6,14H,5H2,(H,15,16). The SMILES string of the molecule is O=C(O)c1ccc(NCc2cncs2)c(Cl)c1. The van der Waals surface area contributed by atoms with Crippen molar-refractivity contribution in [3.63, 3.8) is 0 Å². The summed E-state index contributed by atoms with van der Waals surface area (Å²) >= 11 is 7.52. The largest absolute Gasteiger partial charge is 0.478 e. The molecular formula is C11H9ClN2O2S. The van der Waals surface area contributed by atoms with Gasteiger partial charge in [-0.1, -0.05) is 11.6 Å². The lowest BCUT2D eigenvalue weighted by atomic mass is 10.2. The molecule has 0 unspecified atom stereocenters. The van der Waals surface area contributed by atoms with Crippen LogP contribution in [-0.2, 0) is 6.54 Å². The minimum Gasteiger partial charge on any atom is -0.478 e. The third-order valence-corrected chi connectivity index (χ3v) is 3.24. The third kappa shape index (κ3) is 2.95. The third-order valence-electron chi connectivity index (χ3n) is 2.15. The number of nitrogens with one attached hydrogen (secondary N) is 1. The van der Waals surface area contributed by atoms with Crippen LogP contribution in [0, 0.1) is 0 Å². The highest BCUT2D eigenvalue weighted by molar-refractivity contribution is 7.09. The van der Waals surface area contributed by atoms with Crippen LogP contribution in [0.5, 0.6) is 0 Å². The molecule has 0 aliphatic rings. The summed E-state index contributed by atoms with van der Waals surface area (Å²) in [6.07, 6.45) is 1.77. The molecule has 0 atom stereocenters. The summed E-state index contributed by atoms with van der Waals surface area (Å²) in [5.74, 6) is -0.985. The van der Waals surface area contributed by atoms with Crippen LogP contribution in [0.4, 0.5) is 5.69 Å². The van der Waals surface area contributed by atoms with E-state index in [1.807, 2.05) is 0 Å². The van der Waals surface area contributed by atoms with Crippen LogP contribution in [0.25, 0.3) is 0 Å². The summed E-state index contributed by atoms with van der Waals surface area (Å²) in [5.41, 5.74) is 2.65. The monoisotopic (exact) mass is 268 g/mol. The predicted molar refractivity (Wildman–Crippen MR) is 67.9 cm³/mol. The van der Waals surface area contributed by atoms with Crippen molar-refractivity contribution in [2.24, 2.45) is 0 Å². The van der Waals surface area contributed by atoms with Crippen LogP contribution < -0.4 is 5.32 Å². The number of carbonyl (C=O) groups is 1. The number of rotatable bonds is 4. The van der Waals surface area contributed by atoms with Gasteiger partial charge in [-0.15, -0.1) is 11.3 Å². The van der Waals surface area contributed by atoms with E-state index in [4.69, 9.17) is 16.7 Å². The maximum Gasteiger partial charge on any atom is 0.335 e. The quantitative estimate of drug-likeness (QED) is 0.894. The Morgan fingerprint density at radius 1 is 1.53 bits per heavy atom. The van der Waals surface area contributed by atoms with Crippen LogP contribution >= 0.6 is 22.9 Å². The molecule has 0 bridgehead atoms. The number of aromatic nitrogens is 1. The summed E-state index contributed by atoms with van der Waals surface area (Å²) in [7, 11) is 0. The Morgan fingerprint density at radius 3 is 2.94 bits per heavy atom. The van der Waals surface area contributed by atoms with Gasteiger partial charge in [-0.05, 0) is 18.2 Å². The number of aromatic carboxylic acids is 1. The molecule has 88 valence electrons. The molecule has 17 heavy (non-hydrogen) atoms. The highest BCUT2D eigenvalue weighted by atomic mass is 35.5. The second kappa shape index (κ2) is 5.16. The van der Waals surface area contributed by atoms with Gasteiger partial charge in [0.1, 0.15) is 0 Å². The molecule has 0 aliphatic carbocycles. The summed E-state index contributed by atoms with van der Waals surface area (Å²) in [6.45, 7) is 0.622. The molecule has 1 aromatic carbocycles. The van der Waals surface area contributed by atoms with Crippen LogP contribution in [0.15, 0.2) is 29.9 Å². The van der Waals surface area contributed by atoms with Crippen molar-refractivity contribution in [3.8, 4) is 0 Å². The first kappa shape index (κ1) is 11.9. The normalized spacial score (nSPS) is 10.2. The van der Waals surface area contributed by atoms with Crippen molar-refractivity contribution in [2.45, 2.75) is 6.54 Å². The number of anilines is 1. The van der Waals surface area contributed by atoms with E-state index in [2.05, 4.69) is 10.3 Å². The Morgan fingerprint density at radius 2 is 2.35 bits per heavy atom. The number of thiazole rings is 1. The number of carboxylic acids is 1. The number of hydrogen-bond donors (Lipinski definition) is 2. The molecule has 2 rings (SSSR count). The fourth-order valence-electron chi connectivity index (χ4n) is 1.30. The summed E-state index contributed by atoms with van der Waals surface area (Å²) in [5, 5.41) is 12.3. The molecular weight excluding hydrogens is 260 g/mol. The zero-order valence-electron chi connectivity index (χ0n) is 8.68. The molecule has 2 aromatic rings. The molecule has 0 saturated carbocycles. The fourth-order valence-corrected chi connectivity index (χ4v) is 2.08. The Balaban J connectivity index is 2.09. The van der Waals surface area contributed by atoms with E-state index in [0.717, 1.165) is 4.88 Å². The molecule has 0 aliphatic heterocycles. The molecule has 0 spiro atoms. The lowest BCUT2D eigenvalue weighted by Crippen LogP contribution is -2.00. The molecule has 6 heteroatoms. The first-order valence-electron chi connectivity index (χ1n) is 4.81. The zero-order chi connectivity index (χ0) is 12.3. The molecule has 0 saturated heterocycles. The first-order valence-corrected chi connectivity index (χ1v) is 6.06. The number of halogens is 1. The van der Waals surface area contributed by atoms with E-state index in [-0.39, 0.29) is 5.56 Å². The fraction of sp³-hybridized carbons (Fsp3) is 0.0909. The topological polar surface area (TPSA) is 62.2 Å². The molecule has 0 radical (unpaired) electrons. The van der Waals surface area contributed by atoms with Crippen LogP contribution in [0.2, 0.25) is 5.02 Å². The van der Waals surface area contributed by atoms with Crippen molar-refractivity contribution >= 4 is 34.6 Å². The van der Waals surface area contributed by atoms with Gasteiger partial charge in [-0.2, -0.15) is 0 Å². The summed E-state index contributed by atoms with van der Waals surface area (Å²) < 4.78 is 0. The van der Waals surface area contributed by atoms with Gasteiger partial charge in [-0.3, -0.25) is 4.98 Å². The Bertz CT molecular complexity index is 528. The lowest BCUT2D eigenvalue weighted by molar-refractivity contribution is 0.0697. The van der Waals surface area contributed by atoms with E-state index >= 15 is 0 Å². The first-order chi connectivity index (χ1) is 8.16. The number of nitrogens with zero attached hydrogens (tertiary/aromatic N) is 1. The van der Waals surface area contributed by atoms with Crippen LogP contribution in [-0.4, -0.2) is 16.1 Å². The van der Waals surface area contributed by atoms with Gasteiger partial charge in [-0.25, -0.2) is 4.79 Å². The van der Waals surface area contributed by atoms with Gasteiger partial charge in [0.15, 0.2) is 0 Å². The van der Waals surface area contributed by atoms with Gasteiger partial charge >= 0.3 is 5.97 Å². The molecule has 1 heterocycles. The second-order valence-corrected chi connectivity index (χ2v) is 4.70. The Kier molecular flexibility index (Phi) is 3.61. The molecule has 2 N–H and O–H groups in total. The van der Waals surface area contributed by atoms with E-state index < -0.39 is 5.97 Å². The van der Waals surface area contributed by atoms with E-state index in [9.17, 15) is 4.79 Å². The zero-order valence-corrected chi connectivity index (χ0v) is 10.3. The molecule has 4 nitrogen and oxygen atoms in total. The van der Waals surface area contributed by atoms with Gasteiger partial charge in [0, 0.05) is 11.1 Å². The van der Waals surface area contributed by atoms with Gasteiger partial charge < -0.3 is 10.4 Å². The van der Waals surface area contributed by atoms with Crippen molar-refractivity contribution in [2.75, 3.05) is 5.32 Å². The van der Waals surface area contributed by atoms with Gasteiger partial charge in [0.05, 0.1) is 28.3 Å². The molecule has 0 amide bonds. The number of benzene rings is 1. The summed E-state index contributed by atoms with van der Waals surface area (Å²) in [4.78, 5) is 15.8. The molecule has 0 fully saturated rings. The van der Waals surface area contributed by atoms with Gasteiger partial charge in [0.25, 0.3) is 0 Å². The van der Waals surface area contributed by atoms with Crippen molar-refractivity contribution in [1.29, 1.82) is 0 Å². The predicted octanol–water partition coefficient (Wildman–Crippen LogP) is 3.11. The maximum absolute atomic E-state index is 10.7. The number of carboxylic acid groups (broad SMARTS) is 1. The van der Waals surface area contributed by atoms with Crippen LogP contribution in [0.3, 0.4) is 0 Å². The Labute approximate surface area is 107 Å². The van der Waals surface area contributed by atoms with Gasteiger partial charge in [0.2, 0.25) is 0 Å². The smallest absolute Gasteiger partial charge is 0.335 e. The maximum atomic E-state index is 10.7. The van der Waals surface area contributed by atoms with E-state index in [0.29, 0.717) is 17.3 Å². The highest BCUT2D eigenvalue weighted by Crippen LogP contribution is 2.24. The van der Waals surface area contributed by atoms with Crippen LogP contribution in [0.1, 0.15) is 15.2 Å². The van der Waals surface area contributed by atoms with Crippen molar-refractivity contribution in [3.05, 3.63) is 45.4 Å². The van der Waals surface area contributed by atoms with Crippen molar-refractivity contribution < 1.29 is 9.90 Å². The Hall–Kier alpha value is -1.59. The highest BCUT2D eigenvalue weighted by Gasteiger charge is 2.06. The minimum absolute atomic E-state index is 0.179. The molecule has 1 aromatic heterocycles. The van der Waals surface area contributed by atoms with E-state index in [1.54, 1.807) is 29.1 Å². The average Bonchev–Trinajstić information content (AvgIpc) is 2.80. The van der Waals surface area contributed by atoms with Crippen molar-refractivity contribution in [1.82, 2.24) is 4.98 Å².